The molecule has 29 heavy (non-hydrogen) atoms. The highest BCUT2D eigenvalue weighted by atomic mass is 16.5. The molecule has 0 N–H and O–H groups in total. The van der Waals surface area contributed by atoms with Gasteiger partial charge in [-0.05, 0) is 63.3 Å². The van der Waals surface area contributed by atoms with E-state index >= 15 is 0 Å². The minimum atomic E-state index is -0.427. The zero-order valence-electron chi connectivity index (χ0n) is 17.7. The number of hydrogen-bond donors (Lipinski definition) is 0. The van der Waals surface area contributed by atoms with E-state index in [0.29, 0.717) is 32.1 Å². The van der Waals surface area contributed by atoms with Gasteiger partial charge in [0.1, 0.15) is 18.6 Å². The SMILES string of the molecule is CCOC(=O)c1nn(C2CCCCO2)c(C)c1-c1cc(C)cc(OCCOC)c1. The van der Waals surface area contributed by atoms with Crippen LogP contribution in [0, 0.1) is 13.8 Å². The summed E-state index contributed by atoms with van der Waals surface area (Å²) in [6.07, 6.45) is 2.85. The molecule has 0 bridgehead atoms. The van der Waals surface area contributed by atoms with Crippen LogP contribution in [0.4, 0.5) is 0 Å². The van der Waals surface area contributed by atoms with E-state index in [1.165, 1.54) is 0 Å². The normalized spacial score (nSPS) is 16.6. The van der Waals surface area contributed by atoms with Gasteiger partial charge in [-0.15, -0.1) is 0 Å². The lowest BCUT2D eigenvalue weighted by molar-refractivity contribution is -0.0408. The van der Waals surface area contributed by atoms with Crippen molar-refractivity contribution in [2.24, 2.45) is 0 Å². The highest BCUT2D eigenvalue weighted by molar-refractivity contribution is 5.96. The molecule has 2 heterocycles. The Morgan fingerprint density at radius 1 is 1.24 bits per heavy atom. The Morgan fingerprint density at radius 3 is 2.76 bits per heavy atom. The molecule has 0 aliphatic carbocycles. The Hall–Kier alpha value is -2.38. The zero-order chi connectivity index (χ0) is 20.8. The third-order valence-electron chi connectivity index (χ3n) is 4.94. The standard InChI is InChI=1S/C22H30N2O5/c1-5-27-22(25)21-20(16(3)24(23-21)19-8-6-7-9-29-19)17-12-15(2)13-18(14-17)28-11-10-26-4/h12-14,19H,5-11H2,1-4H3. The first-order valence-corrected chi connectivity index (χ1v) is 10.2. The Labute approximate surface area is 171 Å². The van der Waals surface area contributed by atoms with Crippen molar-refractivity contribution in [2.75, 3.05) is 33.5 Å². The zero-order valence-corrected chi connectivity index (χ0v) is 17.7. The van der Waals surface area contributed by atoms with E-state index in [1.807, 2.05) is 36.7 Å². The Kier molecular flexibility index (Phi) is 7.28. The second-order valence-corrected chi connectivity index (χ2v) is 7.17. The molecule has 0 saturated carbocycles. The van der Waals surface area contributed by atoms with Crippen molar-refractivity contribution >= 4 is 5.97 Å². The number of hydrogen-bond acceptors (Lipinski definition) is 6. The van der Waals surface area contributed by atoms with Gasteiger partial charge in [0, 0.05) is 25.0 Å². The topological polar surface area (TPSA) is 71.8 Å². The van der Waals surface area contributed by atoms with Crippen LogP contribution in [-0.4, -0.2) is 49.3 Å². The van der Waals surface area contributed by atoms with E-state index < -0.39 is 5.97 Å². The summed E-state index contributed by atoms with van der Waals surface area (Å²) in [5.41, 5.74) is 3.86. The molecule has 2 aromatic rings. The van der Waals surface area contributed by atoms with Crippen molar-refractivity contribution in [3.05, 3.63) is 35.2 Å². The molecule has 1 aromatic carbocycles. The lowest BCUT2D eigenvalue weighted by Gasteiger charge is -2.24. The van der Waals surface area contributed by atoms with Gasteiger partial charge in [0.15, 0.2) is 5.69 Å². The predicted molar refractivity (Wildman–Crippen MR) is 109 cm³/mol. The number of carbonyl (C=O) groups is 1. The lowest BCUT2D eigenvalue weighted by atomic mass is 10.0. The van der Waals surface area contributed by atoms with Crippen LogP contribution in [0.15, 0.2) is 18.2 Å². The number of esters is 1. The molecule has 1 aliphatic heterocycles. The molecular weight excluding hydrogens is 372 g/mol. The first-order chi connectivity index (χ1) is 14.0. The second-order valence-electron chi connectivity index (χ2n) is 7.17. The van der Waals surface area contributed by atoms with Crippen LogP contribution in [0.1, 0.15) is 54.2 Å². The fourth-order valence-corrected chi connectivity index (χ4v) is 3.62. The van der Waals surface area contributed by atoms with E-state index in [9.17, 15) is 4.79 Å². The second kappa shape index (κ2) is 9.89. The highest BCUT2D eigenvalue weighted by Gasteiger charge is 2.28. The average molecular weight is 402 g/mol. The summed E-state index contributed by atoms with van der Waals surface area (Å²) in [5, 5.41) is 4.62. The molecule has 1 aliphatic rings. The average Bonchev–Trinajstić information content (AvgIpc) is 3.06. The van der Waals surface area contributed by atoms with Gasteiger partial charge in [-0.25, -0.2) is 9.48 Å². The van der Waals surface area contributed by atoms with Crippen LogP contribution in [0.3, 0.4) is 0 Å². The molecule has 0 radical (unpaired) electrons. The van der Waals surface area contributed by atoms with E-state index in [4.69, 9.17) is 18.9 Å². The van der Waals surface area contributed by atoms with Gasteiger partial charge >= 0.3 is 5.97 Å². The summed E-state index contributed by atoms with van der Waals surface area (Å²) in [5.74, 6) is 0.302. The predicted octanol–water partition coefficient (Wildman–Crippen LogP) is 4.07. The van der Waals surface area contributed by atoms with Crippen molar-refractivity contribution < 1.29 is 23.7 Å². The molecule has 1 aromatic heterocycles. The van der Waals surface area contributed by atoms with Crippen molar-refractivity contribution in [1.82, 2.24) is 9.78 Å². The van der Waals surface area contributed by atoms with Crippen molar-refractivity contribution in [1.29, 1.82) is 0 Å². The molecular formula is C22H30N2O5. The maximum absolute atomic E-state index is 12.7. The Balaban J connectivity index is 2.04. The van der Waals surface area contributed by atoms with E-state index in [0.717, 1.165) is 47.4 Å². The largest absolute Gasteiger partial charge is 0.491 e. The maximum atomic E-state index is 12.7. The fraction of sp³-hybridized carbons (Fsp3) is 0.545. The first-order valence-electron chi connectivity index (χ1n) is 10.2. The molecule has 3 rings (SSSR count). The van der Waals surface area contributed by atoms with Gasteiger partial charge < -0.3 is 18.9 Å². The molecule has 7 heteroatoms. The number of nitrogens with zero attached hydrogens (tertiary/aromatic N) is 2. The van der Waals surface area contributed by atoms with Crippen molar-refractivity contribution in [2.45, 2.75) is 46.3 Å². The van der Waals surface area contributed by atoms with Gasteiger partial charge in [0.25, 0.3) is 0 Å². The summed E-state index contributed by atoms with van der Waals surface area (Å²) >= 11 is 0. The van der Waals surface area contributed by atoms with Crippen LogP contribution >= 0.6 is 0 Å². The van der Waals surface area contributed by atoms with Crippen LogP contribution in [0.2, 0.25) is 0 Å². The number of aromatic nitrogens is 2. The van der Waals surface area contributed by atoms with Crippen molar-refractivity contribution in [3.8, 4) is 16.9 Å². The summed E-state index contributed by atoms with van der Waals surface area (Å²) in [4.78, 5) is 12.7. The van der Waals surface area contributed by atoms with Gasteiger partial charge in [0.2, 0.25) is 0 Å². The van der Waals surface area contributed by atoms with Crippen LogP contribution in [0.5, 0.6) is 5.75 Å². The van der Waals surface area contributed by atoms with Gasteiger partial charge in [-0.1, -0.05) is 6.07 Å². The third kappa shape index (κ3) is 4.97. The summed E-state index contributed by atoms with van der Waals surface area (Å²) in [7, 11) is 1.64. The summed E-state index contributed by atoms with van der Waals surface area (Å²) < 4.78 is 23.9. The minimum Gasteiger partial charge on any atom is -0.491 e. The number of benzene rings is 1. The number of ether oxygens (including phenoxy) is 4. The van der Waals surface area contributed by atoms with Gasteiger partial charge in [-0.3, -0.25) is 0 Å². The number of aryl methyl sites for hydroxylation is 1. The smallest absolute Gasteiger partial charge is 0.359 e. The molecule has 0 amide bonds. The number of rotatable bonds is 8. The minimum absolute atomic E-state index is 0.159. The van der Waals surface area contributed by atoms with Crippen LogP contribution < -0.4 is 4.74 Å². The Bertz CT molecular complexity index is 840. The number of carbonyl (C=O) groups excluding carboxylic acids is 1. The molecule has 1 atom stereocenters. The van der Waals surface area contributed by atoms with Gasteiger partial charge in [-0.2, -0.15) is 5.10 Å². The quantitative estimate of drug-likeness (QED) is 0.490. The molecule has 1 saturated heterocycles. The fourth-order valence-electron chi connectivity index (χ4n) is 3.62. The highest BCUT2D eigenvalue weighted by Crippen LogP contribution is 2.34. The number of methoxy groups -OCH3 is 1. The van der Waals surface area contributed by atoms with Crippen LogP contribution in [0.25, 0.3) is 11.1 Å². The molecule has 7 nitrogen and oxygen atoms in total. The summed E-state index contributed by atoms with van der Waals surface area (Å²) in [6.45, 7) is 7.72. The summed E-state index contributed by atoms with van der Waals surface area (Å²) in [6, 6.07) is 5.93. The maximum Gasteiger partial charge on any atom is 0.359 e. The molecule has 0 spiro atoms. The molecule has 1 fully saturated rings. The third-order valence-corrected chi connectivity index (χ3v) is 4.94. The molecule has 158 valence electrons. The van der Waals surface area contributed by atoms with Crippen LogP contribution in [-0.2, 0) is 14.2 Å². The van der Waals surface area contributed by atoms with Crippen molar-refractivity contribution in [3.63, 3.8) is 0 Å². The first kappa shape index (κ1) is 21.3. The lowest BCUT2D eigenvalue weighted by Crippen LogP contribution is -2.20. The molecule has 1 unspecified atom stereocenters. The van der Waals surface area contributed by atoms with E-state index in [1.54, 1.807) is 14.0 Å². The van der Waals surface area contributed by atoms with Gasteiger partial charge in [0.05, 0.1) is 13.2 Å². The van der Waals surface area contributed by atoms with E-state index in [-0.39, 0.29) is 6.23 Å². The monoisotopic (exact) mass is 402 g/mol. The Morgan fingerprint density at radius 2 is 2.07 bits per heavy atom. The van der Waals surface area contributed by atoms with E-state index in [2.05, 4.69) is 5.10 Å².